The molecule has 0 aliphatic carbocycles. The van der Waals surface area contributed by atoms with Crippen LogP contribution in [-0.2, 0) is 19.8 Å². The van der Waals surface area contributed by atoms with E-state index in [0.717, 1.165) is 29.7 Å². The molecule has 2 aromatic heterocycles. The minimum Gasteiger partial charge on any atom is -0.462 e. The molecular formula is C23H25N3O4S. The number of benzene rings is 1. The van der Waals surface area contributed by atoms with E-state index in [1.165, 1.54) is 0 Å². The van der Waals surface area contributed by atoms with Gasteiger partial charge in [-0.15, -0.1) is 0 Å². The molecule has 8 heteroatoms. The molecule has 1 saturated heterocycles. The summed E-state index contributed by atoms with van der Waals surface area (Å²) >= 11 is 1.14. The van der Waals surface area contributed by atoms with E-state index in [4.69, 9.17) is 9.47 Å². The molecule has 0 atom stereocenters. The number of carbonyl (C=O) groups is 2. The Morgan fingerprint density at radius 2 is 1.87 bits per heavy atom. The van der Waals surface area contributed by atoms with Crippen LogP contribution in [-0.4, -0.2) is 41.2 Å². The molecule has 1 amide bonds. The van der Waals surface area contributed by atoms with Crippen LogP contribution in [0.3, 0.4) is 0 Å². The zero-order valence-corrected chi connectivity index (χ0v) is 18.2. The Morgan fingerprint density at radius 3 is 2.55 bits per heavy atom. The van der Waals surface area contributed by atoms with Gasteiger partial charge in [0.1, 0.15) is 4.88 Å². The van der Waals surface area contributed by atoms with Gasteiger partial charge in [-0.25, -0.2) is 9.78 Å². The first-order valence-electron chi connectivity index (χ1n) is 10.4. The number of rotatable bonds is 7. The quantitative estimate of drug-likeness (QED) is 0.555. The maximum atomic E-state index is 13.0. The molecule has 1 fully saturated rings. The summed E-state index contributed by atoms with van der Waals surface area (Å²) in [7, 11) is 0. The van der Waals surface area contributed by atoms with Crippen LogP contribution in [0.5, 0.6) is 0 Å². The lowest BCUT2D eigenvalue weighted by Crippen LogP contribution is -2.42. The molecule has 1 aromatic carbocycles. The van der Waals surface area contributed by atoms with Crippen molar-refractivity contribution in [1.29, 1.82) is 0 Å². The monoisotopic (exact) mass is 439 g/mol. The molecule has 1 aliphatic heterocycles. The fourth-order valence-corrected chi connectivity index (χ4v) is 4.79. The molecule has 3 aromatic rings. The molecule has 0 saturated carbocycles. The van der Waals surface area contributed by atoms with Crippen molar-refractivity contribution in [3.63, 3.8) is 0 Å². The second-order valence-corrected chi connectivity index (χ2v) is 8.43. The van der Waals surface area contributed by atoms with Crippen LogP contribution in [0.15, 0.2) is 54.9 Å². The number of carbonyl (C=O) groups excluding carboxylic acids is 2. The minimum absolute atomic E-state index is 0.139. The molecule has 162 valence electrons. The van der Waals surface area contributed by atoms with E-state index in [9.17, 15) is 9.59 Å². The summed E-state index contributed by atoms with van der Waals surface area (Å²) in [5.41, 5.74) is 0.996. The van der Waals surface area contributed by atoms with Gasteiger partial charge in [-0.2, -0.15) is 0 Å². The lowest BCUT2D eigenvalue weighted by molar-refractivity contribution is -0.119. The number of hydrogen-bond acceptors (Lipinski definition) is 6. The Bertz CT molecular complexity index is 1020. The molecule has 7 nitrogen and oxygen atoms in total. The predicted molar refractivity (Wildman–Crippen MR) is 119 cm³/mol. The molecule has 0 unspecified atom stereocenters. The topological polar surface area (TPSA) is 82.5 Å². The van der Waals surface area contributed by atoms with Crippen molar-refractivity contribution in [3.05, 3.63) is 59.7 Å². The molecule has 1 aliphatic rings. The molecule has 0 spiro atoms. The third-order valence-electron chi connectivity index (χ3n) is 5.45. The fraction of sp³-hybridized carbons (Fsp3) is 0.348. The first-order valence-corrected chi connectivity index (χ1v) is 11.2. The Balaban J connectivity index is 1.57. The van der Waals surface area contributed by atoms with Crippen molar-refractivity contribution in [2.75, 3.05) is 25.1 Å². The number of anilines is 1. The molecule has 3 heterocycles. The Morgan fingerprint density at radius 1 is 1.16 bits per heavy atom. The maximum Gasteiger partial charge on any atom is 0.350 e. The zero-order valence-electron chi connectivity index (χ0n) is 17.4. The van der Waals surface area contributed by atoms with E-state index >= 15 is 0 Å². The van der Waals surface area contributed by atoms with Gasteiger partial charge in [0, 0.05) is 31.2 Å². The standard InChI is InChI=1S/C23H25N3O4S/c1-2-30-21(28)20-19(17-8-4-3-5-9-17)25-22(31-20)24-18(27)16-23(10-14-29-15-11-23)26-12-6-7-13-26/h3-9,12-13H,2,10-11,14-16H2,1H3,(H,24,25,27). The van der Waals surface area contributed by atoms with Crippen molar-refractivity contribution >= 4 is 28.3 Å². The Labute approximate surface area is 185 Å². The zero-order chi connectivity index (χ0) is 21.7. The van der Waals surface area contributed by atoms with E-state index in [-0.39, 0.29) is 18.1 Å². The molecule has 0 radical (unpaired) electrons. The van der Waals surface area contributed by atoms with Crippen LogP contribution in [0, 0.1) is 0 Å². The lowest BCUT2D eigenvalue weighted by atomic mass is 9.86. The highest BCUT2D eigenvalue weighted by atomic mass is 32.1. The molecular weight excluding hydrogens is 414 g/mol. The van der Waals surface area contributed by atoms with Gasteiger partial charge in [-0.3, -0.25) is 4.79 Å². The van der Waals surface area contributed by atoms with E-state index in [1.54, 1.807) is 6.92 Å². The highest BCUT2D eigenvalue weighted by Gasteiger charge is 2.36. The first kappa shape index (κ1) is 21.3. The normalized spacial score (nSPS) is 15.4. The lowest BCUT2D eigenvalue weighted by Gasteiger charge is -2.38. The van der Waals surface area contributed by atoms with Crippen LogP contribution >= 0.6 is 11.3 Å². The molecule has 1 N–H and O–H groups in total. The number of hydrogen-bond donors (Lipinski definition) is 1. The van der Waals surface area contributed by atoms with Gasteiger partial charge in [-0.05, 0) is 31.9 Å². The fourth-order valence-electron chi connectivity index (χ4n) is 3.89. The number of ether oxygens (including phenoxy) is 2. The van der Waals surface area contributed by atoms with Crippen molar-refractivity contribution < 1.29 is 19.1 Å². The van der Waals surface area contributed by atoms with Crippen LogP contribution in [0.4, 0.5) is 5.13 Å². The van der Waals surface area contributed by atoms with Crippen molar-refractivity contribution in [2.24, 2.45) is 0 Å². The van der Waals surface area contributed by atoms with Gasteiger partial charge < -0.3 is 19.4 Å². The second kappa shape index (κ2) is 9.45. The number of aromatic nitrogens is 2. The Hall–Kier alpha value is -2.97. The van der Waals surface area contributed by atoms with Crippen LogP contribution in [0.1, 0.15) is 35.9 Å². The smallest absolute Gasteiger partial charge is 0.350 e. The van der Waals surface area contributed by atoms with E-state index < -0.39 is 5.97 Å². The highest BCUT2D eigenvalue weighted by Crippen LogP contribution is 2.35. The average molecular weight is 440 g/mol. The summed E-state index contributed by atoms with van der Waals surface area (Å²) in [5, 5.41) is 3.30. The van der Waals surface area contributed by atoms with Crippen LogP contribution in [0.2, 0.25) is 0 Å². The third kappa shape index (κ3) is 4.70. The number of thiazole rings is 1. The highest BCUT2D eigenvalue weighted by molar-refractivity contribution is 7.18. The summed E-state index contributed by atoms with van der Waals surface area (Å²) in [6.07, 6.45) is 5.81. The summed E-state index contributed by atoms with van der Waals surface area (Å²) in [6.45, 7) is 3.27. The van der Waals surface area contributed by atoms with Gasteiger partial charge in [-0.1, -0.05) is 41.7 Å². The molecule has 4 rings (SSSR count). The van der Waals surface area contributed by atoms with Crippen molar-refractivity contribution in [1.82, 2.24) is 9.55 Å². The average Bonchev–Trinajstić information content (AvgIpc) is 3.46. The minimum atomic E-state index is -0.437. The number of amides is 1. The first-order chi connectivity index (χ1) is 15.1. The Kier molecular flexibility index (Phi) is 6.48. The number of nitrogens with zero attached hydrogens (tertiary/aromatic N) is 2. The molecule has 0 bridgehead atoms. The van der Waals surface area contributed by atoms with Gasteiger partial charge >= 0.3 is 5.97 Å². The van der Waals surface area contributed by atoms with Crippen molar-refractivity contribution in [2.45, 2.75) is 31.7 Å². The van der Waals surface area contributed by atoms with Gasteiger partial charge in [0.2, 0.25) is 5.91 Å². The molecule has 31 heavy (non-hydrogen) atoms. The summed E-state index contributed by atoms with van der Waals surface area (Å²) < 4.78 is 12.8. The number of nitrogens with one attached hydrogen (secondary N) is 1. The van der Waals surface area contributed by atoms with Gasteiger partial charge in [0.05, 0.1) is 24.3 Å². The van der Waals surface area contributed by atoms with E-state index in [0.29, 0.717) is 35.3 Å². The van der Waals surface area contributed by atoms with Gasteiger partial charge in [0.25, 0.3) is 0 Å². The maximum absolute atomic E-state index is 13.0. The summed E-state index contributed by atoms with van der Waals surface area (Å²) in [4.78, 5) is 30.4. The van der Waals surface area contributed by atoms with Gasteiger partial charge in [0.15, 0.2) is 5.13 Å². The summed E-state index contributed by atoms with van der Waals surface area (Å²) in [6, 6.07) is 13.4. The van der Waals surface area contributed by atoms with Crippen molar-refractivity contribution in [3.8, 4) is 11.3 Å². The SMILES string of the molecule is CCOC(=O)c1sc(NC(=O)CC2(n3cccc3)CCOCC2)nc1-c1ccccc1. The number of esters is 1. The van der Waals surface area contributed by atoms with E-state index in [1.807, 2.05) is 54.9 Å². The summed E-state index contributed by atoms with van der Waals surface area (Å²) in [5.74, 6) is -0.577. The van der Waals surface area contributed by atoms with Crippen LogP contribution < -0.4 is 5.32 Å². The largest absolute Gasteiger partial charge is 0.462 e. The van der Waals surface area contributed by atoms with Crippen LogP contribution in [0.25, 0.3) is 11.3 Å². The second-order valence-electron chi connectivity index (χ2n) is 7.44. The third-order valence-corrected chi connectivity index (χ3v) is 6.40. The van der Waals surface area contributed by atoms with E-state index in [2.05, 4.69) is 14.9 Å². The predicted octanol–water partition coefficient (Wildman–Crippen LogP) is 4.32.